The summed E-state index contributed by atoms with van der Waals surface area (Å²) in [5.74, 6) is 1.69. The third kappa shape index (κ3) is 4.17. The average Bonchev–Trinajstić information content (AvgIpc) is 2.43. The largest absolute Gasteiger partial charge is 0.384 e. The lowest BCUT2D eigenvalue weighted by atomic mass is 9.79. The van der Waals surface area contributed by atoms with E-state index < -0.39 is 0 Å². The van der Waals surface area contributed by atoms with Gasteiger partial charge in [0, 0.05) is 25.8 Å². The van der Waals surface area contributed by atoms with Crippen LogP contribution in [0.1, 0.15) is 51.9 Å². The van der Waals surface area contributed by atoms with Crippen molar-refractivity contribution in [3.05, 3.63) is 0 Å². The summed E-state index contributed by atoms with van der Waals surface area (Å²) in [5, 5.41) is 0. The van der Waals surface area contributed by atoms with Gasteiger partial charge in [-0.3, -0.25) is 4.90 Å². The second kappa shape index (κ2) is 7.61. The summed E-state index contributed by atoms with van der Waals surface area (Å²) in [7, 11) is 1.82. The van der Waals surface area contributed by atoms with Gasteiger partial charge >= 0.3 is 0 Å². The van der Waals surface area contributed by atoms with E-state index in [0.29, 0.717) is 12.1 Å². The number of hydrogen-bond donors (Lipinski definition) is 1. The molecule has 0 bridgehead atoms. The first-order valence-corrected chi connectivity index (χ1v) is 8.23. The molecule has 0 aromatic rings. The third-order valence-corrected chi connectivity index (χ3v) is 5.19. The lowest BCUT2D eigenvalue weighted by Gasteiger charge is -2.44. The standard InChI is InChI=1S/C16H32N2O/c1-3-4-13-5-6-15(17)16(11-13)18-9-7-14(8-10-18)12-19-2/h13-16H,3-12,17H2,1-2H3. The maximum atomic E-state index is 6.40. The van der Waals surface area contributed by atoms with Crippen molar-refractivity contribution in [1.29, 1.82) is 0 Å². The smallest absolute Gasteiger partial charge is 0.0491 e. The molecule has 1 aliphatic carbocycles. The minimum Gasteiger partial charge on any atom is -0.384 e. The molecular weight excluding hydrogens is 236 g/mol. The summed E-state index contributed by atoms with van der Waals surface area (Å²) in [6.07, 6.45) is 9.21. The van der Waals surface area contributed by atoms with Crippen molar-refractivity contribution in [3.63, 3.8) is 0 Å². The van der Waals surface area contributed by atoms with Crippen LogP contribution in [-0.2, 0) is 4.74 Å². The van der Waals surface area contributed by atoms with E-state index in [4.69, 9.17) is 10.5 Å². The predicted molar refractivity (Wildman–Crippen MR) is 80.2 cm³/mol. The zero-order chi connectivity index (χ0) is 13.7. The van der Waals surface area contributed by atoms with Crippen molar-refractivity contribution in [2.24, 2.45) is 17.6 Å². The van der Waals surface area contributed by atoms with E-state index in [-0.39, 0.29) is 0 Å². The molecule has 19 heavy (non-hydrogen) atoms. The number of nitrogens with zero attached hydrogens (tertiary/aromatic N) is 1. The summed E-state index contributed by atoms with van der Waals surface area (Å²) >= 11 is 0. The molecule has 0 spiro atoms. The fraction of sp³-hybridized carbons (Fsp3) is 1.00. The fourth-order valence-electron chi connectivity index (χ4n) is 4.03. The molecule has 1 heterocycles. The SMILES string of the molecule is CCCC1CCC(N)C(N2CCC(COC)CC2)C1. The molecule has 0 radical (unpaired) electrons. The van der Waals surface area contributed by atoms with Gasteiger partial charge in [-0.1, -0.05) is 19.8 Å². The van der Waals surface area contributed by atoms with Crippen LogP contribution >= 0.6 is 0 Å². The van der Waals surface area contributed by atoms with E-state index in [0.717, 1.165) is 18.4 Å². The van der Waals surface area contributed by atoms with E-state index in [9.17, 15) is 0 Å². The van der Waals surface area contributed by atoms with Crippen LogP contribution in [0.15, 0.2) is 0 Å². The molecular formula is C16H32N2O. The van der Waals surface area contributed by atoms with Crippen LogP contribution in [0.5, 0.6) is 0 Å². The molecule has 0 aromatic heterocycles. The highest BCUT2D eigenvalue weighted by Gasteiger charge is 2.33. The Labute approximate surface area is 118 Å². The van der Waals surface area contributed by atoms with Gasteiger partial charge in [0.25, 0.3) is 0 Å². The Kier molecular flexibility index (Phi) is 6.11. The van der Waals surface area contributed by atoms with Crippen molar-refractivity contribution >= 4 is 0 Å². The minimum atomic E-state index is 0.409. The summed E-state index contributed by atoms with van der Waals surface area (Å²) in [6, 6.07) is 1.06. The van der Waals surface area contributed by atoms with E-state index in [1.54, 1.807) is 0 Å². The van der Waals surface area contributed by atoms with Crippen molar-refractivity contribution in [3.8, 4) is 0 Å². The lowest BCUT2D eigenvalue weighted by Crippen LogP contribution is -2.53. The summed E-state index contributed by atoms with van der Waals surface area (Å²) < 4.78 is 5.29. The number of methoxy groups -OCH3 is 1. The predicted octanol–water partition coefficient (Wildman–Crippen LogP) is 2.64. The fourth-order valence-corrected chi connectivity index (χ4v) is 4.03. The molecule has 0 amide bonds. The molecule has 0 aromatic carbocycles. The van der Waals surface area contributed by atoms with Crippen molar-refractivity contribution < 1.29 is 4.74 Å². The summed E-state index contributed by atoms with van der Waals surface area (Å²) in [6.45, 7) is 5.69. The van der Waals surface area contributed by atoms with Gasteiger partial charge in [0.2, 0.25) is 0 Å². The van der Waals surface area contributed by atoms with Crippen molar-refractivity contribution in [1.82, 2.24) is 4.90 Å². The Morgan fingerprint density at radius 1 is 1.11 bits per heavy atom. The van der Waals surface area contributed by atoms with Crippen molar-refractivity contribution in [2.45, 2.75) is 64.0 Å². The Bertz CT molecular complexity index is 251. The zero-order valence-electron chi connectivity index (χ0n) is 12.8. The molecule has 1 aliphatic heterocycles. The van der Waals surface area contributed by atoms with Gasteiger partial charge in [-0.25, -0.2) is 0 Å². The van der Waals surface area contributed by atoms with E-state index in [2.05, 4.69) is 11.8 Å². The van der Waals surface area contributed by atoms with Gasteiger partial charge in [0.15, 0.2) is 0 Å². The lowest BCUT2D eigenvalue weighted by molar-refractivity contribution is 0.0503. The molecule has 2 aliphatic rings. The van der Waals surface area contributed by atoms with E-state index >= 15 is 0 Å². The highest BCUT2D eigenvalue weighted by molar-refractivity contribution is 4.91. The first-order valence-electron chi connectivity index (χ1n) is 8.23. The minimum absolute atomic E-state index is 0.409. The summed E-state index contributed by atoms with van der Waals surface area (Å²) in [5.41, 5.74) is 6.40. The monoisotopic (exact) mass is 268 g/mol. The van der Waals surface area contributed by atoms with Gasteiger partial charge in [-0.2, -0.15) is 0 Å². The highest BCUT2D eigenvalue weighted by Crippen LogP contribution is 2.32. The molecule has 2 N–H and O–H groups in total. The molecule has 1 saturated heterocycles. The first-order chi connectivity index (χ1) is 9.24. The number of rotatable bonds is 5. The first kappa shape index (κ1) is 15.3. The van der Waals surface area contributed by atoms with Gasteiger partial charge in [0.05, 0.1) is 0 Å². The topological polar surface area (TPSA) is 38.5 Å². The van der Waals surface area contributed by atoms with Crippen LogP contribution in [0.2, 0.25) is 0 Å². The van der Waals surface area contributed by atoms with Crippen LogP contribution in [0.25, 0.3) is 0 Å². The number of piperidine rings is 1. The van der Waals surface area contributed by atoms with Gasteiger partial charge < -0.3 is 10.5 Å². The Morgan fingerprint density at radius 3 is 2.47 bits per heavy atom. The molecule has 1 saturated carbocycles. The maximum absolute atomic E-state index is 6.40. The maximum Gasteiger partial charge on any atom is 0.0491 e. The van der Waals surface area contributed by atoms with E-state index in [1.165, 1.54) is 58.0 Å². The Morgan fingerprint density at radius 2 is 1.84 bits per heavy atom. The molecule has 112 valence electrons. The van der Waals surface area contributed by atoms with E-state index in [1.807, 2.05) is 7.11 Å². The third-order valence-electron chi connectivity index (χ3n) is 5.19. The van der Waals surface area contributed by atoms with Crippen LogP contribution in [-0.4, -0.2) is 43.8 Å². The van der Waals surface area contributed by atoms with Crippen LogP contribution in [0.3, 0.4) is 0 Å². The number of hydrogen-bond acceptors (Lipinski definition) is 3. The number of nitrogens with two attached hydrogens (primary N) is 1. The zero-order valence-corrected chi connectivity index (χ0v) is 12.8. The van der Waals surface area contributed by atoms with Gasteiger partial charge in [0.1, 0.15) is 0 Å². The number of ether oxygens (including phenoxy) is 1. The Hall–Kier alpha value is -0.120. The van der Waals surface area contributed by atoms with Crippen LogP contribution in [0, 0.1) is 11.8 Å². The highest BCUT2D eigenvalue weighted by atomic mass is 16.5. The quantitative estimate of drug-likeness (QED) is 0.833. The summed E-state index contributed by atoms with van der Waals surface area (Å²) in [4.78, 5) is 2.68. The molecule has 2 fully saturated rings. The molecule has 3 nitrogen and oxygen atoms in total. The second-order valence-corrected chi connectivity index (χ2v) is 6.63. The van der Waals surface area contributed by atoms with Gasteiger partial charge in [-0.05, 0) is 57.0 Å². The number of likely N-dealkylation sites (tertiary alicyclic amines) is 1. The molecule has 3 heteroatoms. The molecule has 2 rings (SSSR count). The van der Waals surface area contributed by atoms with Crippen LogP contribution in [0.4, 0.5) is 0 Å². The Balaban J connectivity index is 1.82. The van der Waals surface area contributed by atoms with Gasteiger partial charge in [-0.15, -0.1) is 0 Å². The molecule has 3 unspecified atom stereocenters. The second-order valence-electron chi connectivity index (χ2n) is 6.63. The van der Waals surface area contributed by atoms with Crippen molar-refractivity contribution in [2.75, 3.05) is 26.8 Å². The van der Waals surface area contributed by atoms with Crippen LogP contribution < -0.4 is 5.73 Å². The average molecular weight is 268 g/mol. The molecule has 3 atom stereocenters. The normalized spacial score (nSPS) is 34.6.